The highest BCUT2D eigenvalue weighted by Gasteiger charge is 2.21. The van der Waals surface area contributed by atoms with Crippen molar-refractivity contribution in [3.8, 4) is 5.75 Å². The molecule has 0 fully saturated rings. The first-order valence-electron chi connectivity index (χ1n) is 5.38. The summed E-state index contributed by atoms with van der Waals surface area (Å²) in [6, 6.07) is 5.48. The fourth-order valence-corrected chi connectivity index (χ4v) is 1.66. The molecule has 90 valence electrons. The zero-order valence-corrected chi connectivity index (χ0v) is 9.84. The van der Waals surface area contributed by atoms with Crippen molar-refractivity contribution in [2.45, 2.75) is 6.92 Å². The average Bonchev–Trinajstić information content (AvgIpc) is 2.37. The van der Waals surface area contributed by atoms with Crippen LogP contribution in [0.2, 0.25) is 0 Å². The third kappa shape index (κ3) is 2.22. The number of hydrogen-bond donors (Lipinski definition) is 0. The minimum absolute atomic E-state index is 0.290. The van der Waals surface area contributed by atoms with E-state index in [-0.39, 0.29) is 12.8 Å². The van der Waals surface area contributed by atoms with Gasteiger partial charge >= 0.3 is 6.09 Å². The summed E-state index contributed by atoms with van der Waals surface area (Å²) < 4.78 is 10.1. The molecule has 0 N–H and O–H groups in total. The monoisotopic (exact) mass is 234 g/mol. The minimum atomic E-state index is -0.379. The van der Waals surface area contributed by atoms with Crippen molar-refractivity contribution in [1.82, 2.24) is 0 Å². The Bertz CT molecular complexity index is 457. The Morgan fingerprint density at radius 2 is 2.35 bits per heavy atom. The van der Waals surface area contributed by atoms with Crippen LogP contribution in [-0.2, 0) is 4.74 Å². The molecule has 5 nitrogen and oxygen atoms in total. The van der Waals surface area contributed by atoms with Crippen LogP contribution < -0.4 is 9.64 Å². The number of amides is 1. The molecular weight excluding hydrogens is 220 g/mol. The molecule has 0 aromatic heterocycles. The predicted molar refractivity (Wildman–Crippen MR) is 65.0 cm³/mol. The molecular formula is C12H14N2O3. The molecule has 1 aliphatic heterocycles. The summed E-state index contributed by atoms with van der Waals surface area (Å²) >= 11 is 0. The molecule has 0 saturated carbocycles. The van der Waals surface area contributed by atoms with Crippen molar-refractivity contribution in [3.05, 3.63) is 23.8 Å². The molecule has 1 aromatic rings. The second kappa shape index (κ2) is 4.86. The number of ether oxygens (including phenoxy) is 2. The lowest BCUT2D eigenvalue weighted by Gasteiger charge is -2.24. The number of carbonyl (C=O) groups is 1. The van der Waals surface area contributed by atoms with Crippen molar-refractivity contribution in [3.63, 3.8) is 0 Å². The number of anilines is 1. The zero-order valence-electron chi connectivity index (χ0n) is 9.84. The van der Waals surface area contributed by atoms with E-state index in [1.165, 1.54) is 4.90 Å². The highest BCUT2D eigenvalue weighted by Crippen LogP contribution is 2.27. The van der Waals surface area contributed by atoms with Gasteiger partial charge in [0, 0.05) is 11.8 Å². The van der Waals surface area contributed by atoms with Gasteiger partial charge in [-0.2, -0.15) is 0 Å². The summed E-state index contributed by atoms with van der Waals surface area (Å²) in [4.78, 5) is 17.3. The second-order valence-corrected chi connectivity index (χ2v) is 3.50. The highest BCUT2D eigenvalue weighted by atomic mass is 16.6. The second-order valence-electron chi connectivity index (χ2n) is 3.50. The number of methoxy groups -OCH3 is 1. The molecule has 0 bridgehead atoms. The van der Waals surface area contributed by atoms with E-state index in [1.807, 2.05) is 18.2 Å². The predicted octanol–water partition coefficient (Wildman–Crippen LogP) is 2.05. The van der Waals surface area contributed by atoms with Gasteiger partial charge in [-0.05, 0) is 25.1 Å². The summed E-state index contributed by atoms with van der Waals surface area (Å²) in [5.41, 5.74) is 1.64. The fourth-order valence-electron chi connectivity index (χ4n) is 1.66. The maximum Gasteiger partial charge on any atom is 0.415 e. The van der Waals surface area contributed by atoms with E-state index in [4.69, 9.17) is 9.47 Å². The number of fused-ring (bicyclic) bond motifs is 1. The van der Waals surface area contributed by atoms with Crippen molar-refractivity contribution in [2.75, 3.05) is 25.3 Å². The molecule has 0 radical (unpaired) electrons. The number of carbonyl (C=O) groups excluding carboxylic acids is 1. The van der Waals surface area contributed by atoms with Crippen molar-refractivity contribution >= 4 is 18.0 Å². The molecule has 2 rings (SSSR count). The van der Waals surface area contributed by atoms with Crippen LogP contribution in [0, 0.1) is 0 Å². The Morgan fingerprint density at radius 3 is 3.06 bits per heavy atom. The van der Waals surface area contributed by atoms with Crippen LogP contribution in [0.5, 0.6) is 5.75 Å². The third-order valence-electron chi connectivity index (χ3n) is 2.47. The number of hydrogen-bond acceptors (Lipinski definition) is 4. The summed E-state index contributed by atoms with van der Waals surface area (Å²) in [6.07, 6.45) is 1.35. The first-order valence-corrected chi connectivity index (χ1v) is 5.38. The van der Waals surface area contributed by atoms with Gasteiger partial charge in [0.1, 0.15) is 12.4 Å². The number of nitrogens with zero attached hydrogens (tertiary/aromatic N) is 2. The Kier molecular flexibility index (Phi) is 3.27. The molecule has 5 heteroatoms. The van der Waals surface area contributed by atoms with E-state index in [1.54, 1.807) is 20.2 Å². The van der Waals surface area contributed by atoms with E-state index < -0.39 is 0 Å². The van der Waals surface area contributed by atoms with E-state index in [2.05, 4.69) is 4.99 Å². The zero-order chi connectivity index (χ0) is 12.3. The molecule has 1 amide bonds. The van der Waals surface area contributed by atoms with Crippen LogP contribution >= 0.6 is 0 Å². The molecule has 0 spiro atoms. The summed E-state index contributed by atoms with van der Waals surface area (Å²) in [5.74, 6) is 0.737. The molecule has 0 unspecified atom stereocenters. The fraction of sp³-hybridized carbons (Fsp3) is 0.333. The van der Waals surface area contributed by atoms with Gasteiger partial charge in [-0.25, -0.2) is 4.79 Å². The largest absolute Gasteiger partial charge is 0.497 e. The van der Waals surface area contributed by atoms with Gasteiger partial charge in [-0.1, -0.05) is 0 Å². The third-order valence-corrected chi connectivity index (χ3v) is 2.47. The Morgan fingerprint density at radius 1 is 1.53 bits per heavy atom. The minimum Gasteiger partial charge on any atom is -0.497 e. The van der Waals surface area contributed by atoms with Crippen LogP contribution in [0.4, 0.5) is 10.5 Å². The lowest BCUT2D eigenvalue weighted by Crippen LogP contribution is -2.34. The molecule has 0 saturated heterocycles. The van der Waals surface area contributed by atoms with E-state index in [9.17, 15) is 4.79 Å². The lowest BCUT2D eigenvalue weighted by molar-refractivity contribution is 0.160. The number of aliphatic imine (C=N–C) groups is 1. The standard InChI is InChI=1S/C12H14N2O3/c1-3-17-12(15)14-8-13-7-9-6-10(16-2)4-5-11(9)14/h4-7H,3,8H2,1-2H3. The maximum atomic E-state index is 11.7. The molecule has 1 aliphatic rings. The maximum absolute atomic E-state index is 11.7. The smallest absolute Gasteiger partial charge is 0.415 e. The van der Waals surface area contributed by atoms with Crippen molar-refractivity contribution in [2.24, 2.45) is 4.99 Å². The van der Waals surface area contributed by atoms with Gasteiger partial charge in [-0.15, -0.1) is 0 Å². The Balaban J connectivity index is 2.32. The van der Waals surface area contributed by atoms with Crippen LogP contribution in [0.15, 0.2) is 23.2 Å². The average molecular weight is 234 g/mol. The van der Waals surface area contributed by atoms with Gasteiger partial charge in [0.15, 0.2) is 0 Å². The highest BCUT2D eigenvalue weighted by molar-refractivity contribution is 5.98. The van der Waals surface area contributed by atoms with Crippen LogP contribution in [-0.4, -0.2) is 32.7 Å². The van der Waals surface area contributed by atoms with Crippen LogP contribution in [0.1, 0.15) is 12.5 Å². The van der Waals surface area contributed by atoms with Gasteiger partial charge < -0.3 is 9.47 Å². The summed E-state index contributed by atoms with van der Waals surface area (Å²) in [5, 5.41) is 0. The number of benzene rings is 1. The SMILES string of the molecule is CCOC(=O)N1CN=Cc2cc(OC)ccc21. The molecule has 0 atom stereocenters. The summed E-state index contributed by atoms with van der Waals surface area (Å²) in [7, 11) is 1.60. The summed E-state index contributed by atoms with van der Waals surface area (Å²) in [6.45, 7) is 2.42. The van der Waals surface area contributed by atoms with Gasteiger partial charge in [0.25, 0.3) is 0 Å². The molecule has 1 heterocycles. The first kappa shape index (κ1) is 11.4. The van der Waals surface area contributed by atoms with Gasteiger partial charge in [0.2, 0.25) is 0 Å². The van der Waals surface area contributed by atoms with E-state index in [0.29, 0.717) is 6.61 Å². The molecule has 0 aliphatic carbocycles. The Hall–Kier alpha value is -2.04. The topological polar surface area (TPSA) is 51.1 Å². The molecule has 17 heavy (non-hydrogen) atoms. The van der Waals surface area contributed by atoms with Crippen molar-refractivity contribution in [1.29, 1.82) is 0 Å². The van der Waals surface area contributed by atoms with Crippen LogP contribution in [0.3, 0.4) is 0 Å². The van der Waals surface area contributed by atoms with E-state index in [0.717, 1.165) is 17.0 Å². The Labute approximate surface area is 99.7 Å². The van der Waals surface area contributed by atoms with Crippen molar-refractivity contribution < 1.29 is 14.3 Å². The van der Waals surface area contributed by atoms with Gasteiger partial charge in [-0.3, -0.25) is 9.89 Å². The lowest BCUT2D eigenvalue weighted by atomic mass is 10.1. The normalized spacial score (nSPS) is 13.2. The quantitative estimate of drug-likeness (QED) is 0.786. The van der Waals surface area contributed by atoms with Crippen LogP contribution in [0.25, 0.3) is 0 Å². The van der Waals surface area contributed by atoms with E-state index >= 15 is 0 Å². The van der Waals surface area contributed by atoms with Gasteiger partial charge in [0.05, 0.1) is 19.4 Å². The number of rotatable bonds is 2. The molecule has 1 aromatic carbocycles. The first-order chi connectivity index (χ1) is 8.26.